The lowest BCUT2D eigenvalue weighted by atomic mass is 10.3. The lowest BCUT2D eigenvalue weighted by Gasteiger charge is -2.31. The minimum atomic E-state index is 0.217. The van der Waals surface area contributed by atoms with Crippen molar-refractivity contribution in [1.29, 1.82) is 0 Å². The van der Waals surface area contributed by atoms with Crippen molar-refractivity contribution in [3.63, 3.8) is 0 Å². The Balaban J connectivity index is 1.90. The van der Waals surface area contributed by atoms with E-state index in [0.717, 1.165) is 26.2 Å². The molecular formula is C12H20N2O. The van der Waals surface area contributed by atoms with Gasteiger partial charge in [0.05, 0.1) is 0 Å². The van der Waals surface area contributed by atoms with Gasteiger partial charge in [-0.25, -0.2) is 0 Å². The summed E-state index contributed by atoms with van der Waals surface area (Å²) in [5, 5.41) is 0. The fraction of sp³-hybridized carbons (Fsp3) is 0.750. The molecule has 1 amide bonds. The fourth-order valence-electron chi connectivity index (χ4n) is 2.12. The summed E-state index contributed by atoms with van der Waals surface area (Å²) < 4.78 is 0. The van der Waals surface area contributed by atoms with Gasteiger partial charge in [0, 0.05) is 32.3 Å². The topological polar surface area (TPSA) is 23.6 Å². The van der Waals surface area contributed by atoms with Gasteiger partial charge < -0.3 is 9.80 Å². The van der Waals surface area contributed by atoms with Crippen molar-refractivity contribution in [3.8, 4) is 0 Å². The number of nitrogens with zero attached hydrogens (tertiary/aromatic N) is 2. The summed E-state index contributed by atoms with van der Waals surface area (Å²) in [4.78, 5) is 16.1. The van der Waals surface area contributed by atoms with Crippen LogP contribution in [0.5, 0.6) is 0 Å². The average molecular weight is 208 g/mol. The molecule has 0 N–H and O–H groups in total. The molecule has 1 heterocycles. The van der Waals surface area contributed by atoms with Crippen molar-refractivity contribution in [2.75, 3.05) is 33.2 Å². The maximum absolute atomic E-state index is 11.9. The normalized spacial score (nSPS) is 31.7. The van der Waals surface area contributed by atoms with Crippen LogP contribution < -0.4 is 0 Å². The van der Waals surface area contributed by atoms with E-state index < -0.39 is 0 Å². The van der Waals surface area contributed by atoms with Crippen molar-refractivity contribution in [3.05, 3.63) is 11.6 Å². The summed E-state index contributed by atoms with van der Waals surface area (Å²) in [6.07, 6.45) is 1.86. The molecule has 3 heteroatoms. The highest BCUT2D eigenvalue weighted by atomic mass is 16.2. The van der Waals surface area contributed by atoms with E-state index >= 15 is 0 Å². The zero-order valence-electron chi connectivity index (χ0n) is 9.86. The predicted molar refractivity (Wildman–Crippen MR) is 60.5 cm³/mol. The van der Waals surface area contributed by atoms with Crippen LogP contribution in [0.4, 0.5) is 0 Å². The Hall–Kier alpha value is -0.830. The van der Waals surface area contributed by atoms with E-state index in [0.29, 0.717) is 11.8 Å². The summed E-state index contributed by atoms with van der Waals surface area (Å²) in [6.45, 7) is 8.13. The molecule has 0 radical (unpaired) electrons. The monoisotopic (exact) mass is 208 g/mol. The zero-order chi connectivity index (χ0) is 11.0. The highest BCUT2D eigenvalue weighted by Crippen LogP contribution is 2.44. The standard InChI is InChI=1S/C12H20N2O/c1-9-10(2)11(9)8-12(15)14-6-4-13(3)5-7-14/h8-10H,4-7H2,1-3H3. The van der Waals surface area contributed by atoms with Crippen molar-refractivity contribution in [1.82, 2.24) is 9.80 Å². The molecule has 2 rings (SSSR count). The number of carbonyl (C=O) groups is 1. The lowest BCUT2D eigenvalue weighted by Crippen LogP contribution is -2.46. The first-order chi connectivity index (χ1) is 7.09. The first kappa shape index (κ1) is 10.7. The summed E-state index contributed by atoms with van der Waals surface area (Å²) in [5.74, 6) is 1.47. The SMILES string of the molecule is CC1C(=CC(=O)N2CCN(C)CC2)C1C. The Bertz CT molecular complexity index is 280. The van der Waals surface area contributed by atoms with E-state index in [9.17, 15) is 4.79 Å². The third kappa shape index (κ3) is 2.23. The number of hydrogen-bond donors (Lipinski definition) is 0. The van der Waals surface area contributed by atoms with E-state index in [-0.39, 0.29) is 5.91 Å². The van der Waals surface area contributed by atoms with Crippen LogP contribution in [-0.4, -0.2) is 48.9 Å². The molecule has 2 atom stereocenters. The molecule has 0 spiro atoms. The largest absolute Gasteiger partial charge is 0.337 e. The number of likely N-dealkylation sites (N-methyl/N-ethyl adjacent to an activating group) is 1. The number of carbonyl (C=O) groups excluding carboxylic acids is 1. The molecular weight excluding hydrogens is 188 g/mol. The highest BCUT2D eigenvalue weighted by molar-refractivity contribution is 5.89. The molecule has 2 fully saturated rings. The number of amides is 1. The maximum atomic E-state index is 11.9. The molecule has 84 valence electrons. The number of piperazine rings is 1. The van der Waals surface area contributed by atoms with E-state index in [4.69, 9.17) is 0 Å². The second kappa shape index (κ2) is 3.97. The van der Waals surface area contributed by atoms with Crippen molar-refractivity contribution < 1.29 is 4.79 Å². The summed E-state index contributed by atoms with van der Waals surface area (Å²) in [6, 6.07) is 0. The van der Waals surface area contributed by atoms with Crippen molar-refractivity contribution in [2.24, 2.45) is 11.8 Å². The molecule has 1 aliphatic carbocycles. The van der Waals surface area contributed by atoms with Gasteiger partial charge in [0.1, 0.15) is 0 Å². The Morgan fingerprint density at radius 3 is 2.20 bits per heavy atom. The molecule has 1 saturated carbocycles. The third-order valence-electron chi connectivity index (χ3n) is 3.80. The fourth-order valence-corrected chi connectivity index (χ4v) is 2.12. The van der Waals surface area contributed by atoms with Gasteiger partial charge in [0.2, 0.25) is 5.91 Å². The van der Waals surface area contributed by atoms with Crippen LogP contribution in [0.2, 0.25) is 0 Å². The smallest absolute Gasteiger partial charge is 0.246 e. The molecule has 0 aromatic rings. The van der Waals surface area contributed by atoms with Crippen LogP contribution in [0, 0.1) is 11.8 Å². The second-order valence-electron chi connectivity index (χ2n) is 4.85. The van der Waals surface area contributed by atoms with Crippen LogP contribution in [-0.2, 0) is 4.79 Å². The average Bonchev–Trinajstić information content (AvgIpc) is 2.77. The number of rotatable bonds is 1. The van der Waals surface area contributed by atoms with E-state index in [2.05, 4.69) is 25.8 Å². The molecule has 1 aliphatic heterocycles. The van der Waals surface area contributed by atoms with Crippen LogP contribution in [0.3, 0.4) is 0 Å². The van der Waals surface area contributed by atoms with E-state index in [1.165, 1.54) is 5.57 Å². The molecule has 0 aromatic heterocycles. The van der Waals surface area contributed by atoms with Gasteiger partial charge in [-0.05, 0) is 18.9 Å². The quantitative estimate of drug-likeness (QED) is 0.600. The van der Waals surface area contributed by atoms with Gasteiger partial charge in [-0.3, -0.25) is 4.79 Å². The molecule has 2 unspecified atom stereocenters. The summed E-state index contributed by atoms with van der Waals surface area (Å²) in [5.41, 5.74) is 1.33. The number of hydrogen-bond acceptors (Lipinski definition) is 2. The first-order valence-corrected chi connectivity index (χ1v) is 5.78. The Morgan fingerprint density at radius 1 is 1.20 bits per heavy atom. The van der Waals surface area contributed by atoms with Gasteiger partial charge in [-0.15, -0.1) is 0 Å². The molecule has 1 saturated heterocycles. The minimum absolute atomic E-state index is 0.217. The van der Waals surface area contributed by atoms with Crippen molar-refractivity contribution >= 4 is 5.91 Å². The molecule has 0 aromatic carbocycles. The van der Waals surface area contributed by atoms with E-state index in [1.54, 1.807) is 0 Å². The Labute approximate surface area is 91.7 Å². The summed E-state index contributed by atoms with van der Waals surface area (Å²) in [7, 11) is 2.10. The van der Waals surface area contributed by atoms with Gasteiger partial charge in [0.15, 0.2) is 0 Å². The first-order valence-electron chi connectivity index (χ1n) is 5.78. The lowest BCUT2D eigenvalue weighted by molar-refractivity contribution is -0.127. The van der Waals surface area contributed by atoms with Crippen LogP contribution in [0.25, 0.3) is 0 Å². The van der Waals surface area contributed by atoms with E-state index in [1.807, 2.05) is 11.0 Å². The highest BCUT2D eigenvalue weighted by Gasteiger charge is 2.36. The van der Waals surface area contributed by atoms with Crippen LogP contribution >= 0.6 is 0 Å². The predicted octanol–water partition coefficient (Wildman–Crippen LogP) is 0.973. The molecule has 3 nitrogen and oxygen atoms in total. The zero-order valence-corrected chi connectivity index (χ0v) is 9.86. The molecule has 2 aliphatic rings. The van der Waals surface area contributed by atoms with Crippen LogP contribution in [0.15, 0.2) is 11.6 Å². The minimum Gasteiger partial charge on any atom is -0.337 e. The van der Waals surface area contributed by atoms with Gasteiger partial charge >= 0.3 is 0 Å². The summed E-state index contributed by atoms with van der Waals surface area (Å²) >= 11 is 0. The maximum Gasteiger partial charge on any atom is 0.246 e. The Kier molecular flexibility index (Phi) is 2.83. The molecule has 15 heavy (non-hydrogen) atoms. The van der Waals surface area contributed by atoms with Gasteiger partial charge in [0.25, 0.3) is 0 Å². The van der Waals surface area contributed by atoms with Crippen molar-refractivity contribution in [2.45, 2.75) is 13.8 Å². The van der Waals surface area contributed by atoms with Gasteiger partial charge in [-0.1, -0.05) is 19.4 Å². The Morgan fingerprint density at radius 2 is 1.73 bits per heavy atom. The number of allylic oxidation sites excluding steroid dienone is 1. The third-order valence-corrected chi connectivity index (χ3v) is 3.80. The van der Waals surface area contributed by atoms with Crippen LogP contribution in [0.1, 0.15) is 13.8 Å². The molecule has 0 bridgehead atoms. The second-order valence-corrected chi connectivity index (χ2v) is 4.85. The van der Waals surface area contributed by atoms with Gasteiger partial charge in [-0.2, -0.15) is 0 Å².